The molecule has 0 heterocycles. The minimum Gasteiger partial charge on any atom is -0.289 e. The van der Waals surface area contributed by atoms with Gasteiger partial charge in [0.2, 0.25) is 0 Å². The average Bonchev–Trinajstić information content (AvgIpc) is 2.64. The first kappa shape index (κ1) is 18.4. The third-order valence-corrected chi connectivity index (χ3v) is 5.26. The van der Waals surface area contributed by atoms with Gasteiger partial charge in [-0.15, -0.1) is 0 Å². The van der Waals surface area contributed by atoms with E-state index in [1.54, 1.807) is 0 Å². The molecule has 0 aromatic heterocycles. The lowest BCUT2D eigenvalue weighted by Crippen LogP contribution is -2.03. The van der Waals surface area contributed by atoms with Crippen LogP contribution in [0.2, 0.25) is 0 Å². The Kier molecular flexibility index (Phi) is 6.78. The number of hydrogen-bond donors (Lipinski definition) is 0. The molecule has 0 spiro atoms. The van der Waals surface area contributed by atoms with E-state index >= 15 is 0 Å². The van der Waals surface area contributed by atoms with Crippen molar-refractivity contribution in [3.8, 4) is 0 Å². The van der Waals surface area contributed by atoms with Gasteiger partial charge in [0.15, 0.2) is 5.78 Å². The fourth-order valence-electron chi connectivity index (χ4n) is 3.50. The van der Waals surface area contributed by atoms with Crippen LogP contribution in [0.5, 0.6) is 0 Å². The Morgan fingerprint density at radius 1 is 0.625 bits per heavy atom. The Morgan fingerprint density at radius 2 is 0.917 bits per heavy atom. The van der Waals surface area contributed by atoms with E-state index in [2.05, 4.69) is 52.0 Å². The second-order valence-electron chi connectivity index (χ2n) is 6.60. The van der Waals surface area contributed by atoms with Crippen molar-refractivity contribution in [3.05, 3.63) is 70.8 Å². The fraction of sp³-hybridized carbons (Fsp3) is 0.435. The maximum absolute atomic E-state index is 12.7. The summed E-state index contributed by atoms with van der Waals surface area (Å²) in [5.74, 6) is 1.30. The van der Waals surface area contributed by atoms with E-state index < -0.39 is 0 Å². The molecule has 0 unspecified atom stereocenters. The van der Waals surface area contributed by atoms with Gasteiger partial charge in [0.1, 0.15) is 0 Å². The smallest absolute Gasteiger partial charge is 0.193 e. The maximum Gasteiger partial charge on any atom is 0.193 e. The highest BCUT2D eigenvalue weighted by atomic mass is 16.1. The van der Waals surface area contributed by atoms with Gasteiger partial charge in [-0.2, -0.15) is 0 Å². The Balaban J connectivity index is 2.16. The zero-order chi connectivity index (χ0) is 17.5. The minimum absolute atomic E-state index is 0.113. The van der Waals surface area contributed by atoms with Crippen LogP contribution in [0.4, 0.5) is 0 Å². The van der Waals surface area contributed by atoms with Crippen molar-refractivity contribution in [3.63, 3.8) is 0 Å². The predicted molar refractivity (Wildman–Crippen MR) is 103 cm³/mol. The first-order valence-electron chi connectivity index (χ1n) is 9.39. The second-order valence-corrected chi connectivity index (χ2v) is 6.60. The summed E-state index contributed by atoms with van der Waals surface area (Å²) in [7, 11) is 0. The molecule has 2 aromatic rings. The summed E-state index contributed by atoms with van der Waals surface area (Å²) in [6.45, 7) is 8.87. The van der Waals surface area contributed by atoms with Crippen LogP contribution >= 0.6 is 0 Å². The molecule has 128 valence electrons. The summed E-state index contributed by atoms with van der Waals surface area (Å²) in [6, 6.07) is 16.4. The van der Waals surface area contributed by atoms with E-state index in [0.29, 0.717) is 11.8 Å². The first-order valence-corrected chi connectivity index (χ1v) is 9.39. The molecule has 0 N–H and O–H groups in total. The van der Waals surface area contributed by atoms with E-state index in [1.807, 2.05) is 24.3 Å². The summed E-state index contributed by atoms with van der Waals surface area (Å²) in [5, 5.41) is 0. The summed E-state index contributed by atoms with van der Waals surface area (Å²) < 4.78 is 0. The highest BCUT2D eigenvalue weighted by Crippen LogP contribution is 2.25. The van der Waals surface area contributed by atoms with Crippen molar-refractivity contribution in [2.45, 2.75) is 65.2 Å². The van der Waals surface area contributed by atoms with Gasteiger partial charge in [0.25, 0.3) is 0 Å². The molecule has 0 aliphatic rings. The van der Waals surface area contributed by atoms with E-state index in [-0.39, 0.29) is 5.78 Å². The first-order chi connectivity index (χ1) is 11.6. The summed E-state index contributed by atoms with van der Waals surface area (Å²) in [5.41, 5.74) is 4.22. The average molecular weight is 322 g/mol. The zero-order valence-electron chi connectivity index (χ0n) is 15.5. The van der Waals surface area contributed by atoms with E-state index in [4.69, 9.17) is 0 Å². The van der Waals surface area contributed by atoms with Crippen LogP contribution in [0, 0.1) is 0 Å². The number of ketones is 1. The Hall–Kier alpha value is -1.89. The number of benzene rings is 2. The Labute approximate surface area is 147 Å². The van der Waals surface area contributed by atoms with Crippen LogP contribution in [0.1, 0.15) is 92.3 Å². The van der Waals surface area contributed by atoms with Crippen molar-refractivity contribution in [2.75, 3.05) is 0 Å². The highest BCUT2D eigenvalue weighted by molar-refractivity contribution is 6.09. The third kappa shape index (κ3) is 4.14. The van der Waals surface area contributed by atoms with Gasteiger partial charge in [-0.25, -0.2) is 0 Å². The number of hydrogen-bond acceptors (Lipinski definition) is 1. The fourth-order valence-corrected chi connectivity index (χ4v) is 3.50. The van der Waals surface area contributed by atoms with Gasteiger partial charge in [-0.3, -0.25) is 4.79 Å². The molecule has 1 heteroatoms. The lowest BCUT2D eigenvalue weighted by atomic mass is 9.91. The summed E-state index contributed by atoms with van der Waals surface area (Å²) in [6.07, 6.45) is 4.56. The molecule has 0 fully saturated rings. The van der Waals surface area contributed by atoms with Crippen molar-refractivity contribution >= 4 is 5.78 Å². The van der Waals surface area contributed by atoms with E-state index in [9.17, 15) is 4.79 Å². The largest absolute Gasteiger partial charge is 0.289 e. The van der Waals surface area contributed by atoms with Gasteiger partial charge >= 0.3 is 0 Å². The minimum atomic E-state index is 0.113. The summed E-state index contributed by atoms with van der Waals surface area (Å²) >= 11 is 0. The van der Waals surface area contributed by atoms with Gasteiger partial charge in [0.05, 0.1) is 0 Å². The SMILES string of the molecule is CCC(CC)c1ccc(C(=O)c2ccc(C(CC)CC)cc2)cc1. The molecule has 1 nitrogen and oxygen atoms in total. The van der Waals surface area contributed by atoms with E-state index in [1.165, 1.54) is 11.1 Å². The van der Waals surface area contributed by atoms with Gasteiger partial charge < -0.3 is 0 Å². The molecule has 0 radical (unpaired) electrons. The zero-order valence-corrected chi connectivity index (χ0v) is 15.5. The van der Waals surface area contributed by atoms with Gasteiger partial charge in [-0.05, 0) is 48.6 Å². The van der Waals surface area contributed by atoms with Crippen LogP contribution in [-0.2, 0) is 0 Å². The highest BCUT2D eigenvalue weighted by Gasteiger charge is 2.13. The molecule has 0 aliphatic heterocycles. The maximum atomic E-state index is 12.7. The number of rotatable bonds is 8. The molecule has 0 amide bonds. The molecule has 2 rings (SSSR count). The summed E-state index contributed by atoms with van der Waals surface area (Å²) in [4.78, 5) is 12.7. The van der Waals surface area contributed by atoms with Crippen LogP contribution in [-0.4, -0.2) is 5.78 Å². The molecular weight excluding hydrogens is 292 g/mol. The lowest BCUT2D eigenvalue weighted by molar-refractivity contribution is 0.103. The van der Waals surface area contributed by atoms with Crippen molar-refractivity contribution < 1.29 is 4.79 Å². The number of carbonyl (C=O) groups excluding carboxylic acids is 1. The van der Waals surface area contributed by atoms with Gasteiger partial charge in [-0.1, -0.05) is 76.2 Å². The molecule has 0 atom stereocenters. The van der Waals surface area contributed by atoms with Gasteiger partial charge in [0, 0.05) is 11.1 Å². The number of carbonyl (C=O) groups is 1. The lowest BCUT2D eigenvalue weighted by Gasteiger charge is -2.14. The molecule has 24 heavy (non-hydrogen) atoms. The predicted octanol–water partition coefficient (Wildman–Crippen LogP) is 6.72. The standard InChI is InChI=1S/C23H30O/c1-5-17(6-2)19-9-13-21(14-10-19)23(24)22-15-11-20(12-16-22)18(7-3)8-4/h9-18H,5-8H2,1-4H3. The van der Waals surface area contributed by atoms with Crippen LogP contribution < -0.4 is 0 Å². The molecule has 0 saturated heterocycles. The second kappa shape index (κ2) is 8.82. The van der Waals surface area contributed by atoms with Crippen molar-refractivity contribution in [1.82, 2.24) is 0 Å². The molecule has 2 aromatic carbocycles. The molecule has 0 aliphatic carbocycles. The normalized spacial score (nSPS) is 11.2. The van der Waals surface area contributed by atoms with E-state index in [0.717, 1.165) is 36.8 Å². The molecular formula is C23H30O. The quantitative estimate of drug-likeness (QED) is 0.493. The topological polar surface area (TPSA) is 17.1 Å². The third-order valence-electron chi connectivity index (χ3n) is 5.26. The Morgan fingerprint density at radius 3 is 1.17 bits per heavy atom. The van der Waals surface area contributed by atoms with Crippen LogP contribution in [0.3, 0.4) is 0 Å². The van der Waals surface area contributed by atoms with Crippen molar-refractivity contribution in [1.29, 1.82) is 0 Å². The van der Waals surface area contributed by atoms with Crippen LogP contribution in [0.15, 0.2) is 48.5 Å². The molecule has 0 bridgehead atoms. The molecule has 0 saturated carbocycles. The monoisotopic (exact) mass is 322 g/mol. The Bertz CT molecular complexity index is 571. The van der Waals surface area contributed by atoms with Crippen molar-refractivity contribution in [2.24, 2.45) is 0 Å². The van der Waals surface area contributed by atoms with Crippen LogP contribution in [0.25, 0.3) is 0 Å².